The molecular formula is C24H28N2O4S. The zero-order chi connectivity index (χ0) is 21.8. The molecule has 1 fully saturated rings. The molecule has 1 aliphatic rings. The summed E-state index contributed by atoms with van der Waals surface area (Å²) in [6.45, 7) is 3.55. The first-order valence-electron chi connectivity index (χ1n) is 10.8. The Morgan fingerprint density at radius 1 is 1.03 bits per heavy atom. The van der Waals surface area contributed by atoms with Crippen LogP contribution in [0.5, 0.6) is 5.75 Å². The van der Waals surface area contributed by atoms with E-state index >= 15 is 0 Å². The van der Waals surface area contributed by atoms with Crippen LogP contribution in [0.4, 0.5) is 5.88 Å². The molecule has 1 aromatic heterocycles. The average Bonchev–Trinajstić information content (AvgIpc) is 3.09. The minimum atomic E-state index is -3.84. The number of ether oxygens (including phenoxy) is 1. The molecule has 6 nitrogen and oxygen atoms in total. The molecule has 3 aromatic rings. The maximum Gasteiger partial charge on any atom is 0.236 e. The van der Waals surface area contributed by atoms with Crippen molar-refractivity contribution in [3.63, 3.8) is 0 Å². The Morgan fingerprint density at radius 3 is 2.39 bits per heavy atom. The molecule has 164 valence electrons. The summed E-state index contributed by atoms with van der Waals surface area (Å²) < 4.78 is 38.6. The lowest BCUT2D eigenvalue weighted by Gasteiger charge is -2.20. The summed E-state index contributed by atoms with van der Waals surface area (Å²) in [5.41, 5.74) is 1.77. The van der Waals surface area contributed by atoms with Crippen molar-refractivity contribution in [3.05, 3.63) is 54.1 Å². The van der Waals surface area contributed by atoms with Crippen molar-refractivity contribution < 1.29 is 17.6 Å². The largest absolute Gasteiger partial charge is 0.497 e. The van der Waals surface area contributed by atoms with Gasteiger partial charge in [0.2, 0.25) is 26.6 Å². The molecule has 2 heterocycles. The second-order valence-corrected chi connectivity index (χ2v) is 9.63. The molecule has 0 unspecified atom stereocenters. The van der Waals surface area contributed by atoms with Gasteiger partial charge in [0, 0.05) is 18.7 Å². The lowest BCUT2D eigenvalue weighted by atomic mass is 10.2. The van der Waals surface area contributed by atoms with Crippen molar-refractivity contribution in [2.75, 3.05) is 25.1 Å². The van der Waals surface area contributed by atoms with Gasteiger partial charge in [-0.05, 0) is 55.2 Å². The Morgan fingerprint density at radius 2 is 1.74 bits per heavy atom. The van der Waals surface area contributed by atoms with Gasteiger partial charge in [0.15, 0.2) is 0 Å². The van der Waals surface area contributed by atoms with E-state index in [1.54, 1.807) is 25.3 Å². The Labute approximate surface area is 183 Å². The number of rotatable bonds is 6. The van der Waals surface area contributed by atoms with E-state index in [2.05, 4.69) is 4.98 Å². The number of oxazole rings is 1. The van der Waals surface area contributed by atoms with Crippen LogP contribution in [-0.4, -0.2) is 33.6 Å². The van der Waals surface area contributed by atoms with E-state index in [0.29, 0.717) is 17.2 Å². The Kier molecular flexibility index (Phi) is 6.32. The fraction of sp³-hybridized carbons (Fsp3) is 0.375. The summed E-state index contributed by atoms with van der Waals surface area (Å²) in [4.78, 5) is 6.75. The van der Waals surface area contributed by atoms with Crippen LogP contribution in [0.3, 0.4) is 0 Å². The fourth-order valence-electron chi connectivity index (χ4n) is 3.84. The monoisotopic (exact) mass is 440 g/mol. The van der Waals surface area contributed by atoms with Crippen LogP contribution < -0.4 is 9.64 Å². The molecule has 7 heteroatoms. The molecule has 0 aliphatic carbocycles. The van der Waals surface area contributed by atoms with Gasteiger partial charge >= 0.3 is 0 Å². The van der Waals surface area contributed by atoms with Gasteiger partial charge in [-0.25, -0.2) is 8.42 Å². The summed E-state index contributed by atoms with van der Waals surface area (Å²) in [5.74, 6) is 1.27. The topological polar surface area (TPSA) is 72.6 Å². The summed E-state index contributed by atoms with van der Waals surface area (Å²) >= 11 is 0. The van der Waals surface area contributed by atoms with Crippen molar-refractivity contribution in [2.45, 2.75) is 48.9 Å². The predicted octanol–water partition coefficient (Wildman–Crippen LogP) is 5.13. The number of aryl methyl sites for hydroxylation is 1. The third-order valence-corrected chi connectivity index (χ3v) is 7.35. The number of nitrogens with zero attached hydrogens (tertiary/aromatic N) is 2. The van der Waals surface area contributed by atoms with Crippen LogP contribution in [0.2, 0.25) is 0 Å². The first-order valence-corrected chi connectivity index (χ1v) is 12.3. The quantitative estimate of drug-likeness (QED) is 0.529. The van der Waals surface area contributed by atoms with E-state index < -0.39 is 9.84 Å². The van der Waals surface area contributed by atoms with Crippen molar-refractivity contribution in [3.8, 4) is 17.2 Å². The van der Waals surface area contributed by atoms with Crippen molar-refractivity contribution >= 4 is 15.7 Å². The van der Waals surface area contributed by atoms with Gasteiger partial charge < -0.3 is 14.1 Å². The second kappa shape index (κ2) is 9.14. The first kappa shape index (κ1) is 21.4. The highest BCUT2D eigenvalue weighted by molar-refractivity contribution is 7.91. The lowest BCUT2D eigenvalue weighted by Crippen LogP contribution is -2.25. The van der Waals surface area contributed by atoms with Gasteiger partial charge in [0.1, 0.15) is 5.75 Å². The molecule has 0 saturated carbocycles. The van der Waals surface area contributed by atoms with Gasteiger partial charge in [-0.15, -0.1) is 0 Å². The van der Waals surface area contributed by atoms with Crippen molar-refractivity contribution in [1.29, 1.82) is 0 Å². The molecular weight excluding hydrogens is 412 g/mol. The van der Waals surface area contributed by atoms with Gasteiger partial charge in [-0.1, -0.05) is 38.0 Å². The van der Waals surface area contributed by atoms with Crippen LogP contribution in [0.15, 0.2) is 62.9 Å². The number of anilines is 1. The summed E-state index contributed by atoms with van der Waals surface area (Å²) in [6, 6.07) is 14.3. The SMILES string of the molecule is CCc1ccc(S(=O)(=O)c2nc(-c3cccc(OC)c3)oc2N2CCCCCC2)cc1. The van der Waals surface area contributed by atoms with E-state index in [4.69, 9.17) is 9.15 Å². The van der Waals surface area contributed by atoms with Gasteiger partial charge in [0.25, 0.3) is 0 Å². The van der Waals surface area contributed by atoms with Gasteiger partial charge in [-0.2, -0.15) is 4.98 Å². The normalized spacial score (nSPS) is 15.0. The number of hydrogen-bond acceptors (Lipinski definition) is 6. The zero-order valence-electron chi connectivity index (χ0n) is 18.0. The molecule has 0 radical (unpaired) electrons. The zero-order valence-corrected chi connectivity index (χ0v) is 18.8. The minimum Gasteiger partial charge on any atom is -0.497 e. The van der Waals surface area contributed by atoms with Gasteiger partial charge in [-0.3, -0.25) is 0 Å². The molecule has 31 heavy (non-hydrogen) atoms. The summed E-state index contributed by atoms with van der Waals surface area (Å²) in [6.07, 6.45) is 5.12. The number of aromatic nitrogens is 1. The van der Waals surface area contributed by atoms with Crippen molar-refractivity contribution in [2.24, 2.45) is 0 Å². The minimum absolute atomic E-state index is 0.0172. The van der Waals surface area contributed by atoms with E-state index in [-0.39, 0.29) is 15.8 Å². The second-order valence-electron chi connectivity index (χ2n) is 7.76. The van der Waals surface area contributed by atoms with Crippen LogP contribution >= 0.6 is 0 Å². The summed E-state index contributed by atoms with van der Waals surface area (Å²) in [5, 5.41) is -0.0172. The maximum atomic E-state index is 13.6. The third-order valence-electron chi connectivity index (χ3n) is 5.69. The maximum absolute atomic E-state index is 13.6. The van der Waals surface area contributed by atoms with Crippen molar-refractivity contribution in [1.82, 2.24) is 4.98 Å². The molecule has 0 spiro atoms. The number of sulfone groups is 1. The van der Waals surface area contributed by atoms with Crippen LogP contribution in [0.1, 0.15) is 38.2 Å². The fourth-order valence-corrected chi connectivity index (χ4v) is 5.16. The van der Waals surface area contributed by atoms with Crippen LogP contribution in [-0.2, 0) is 16.3 Å². The highest BCUT2D eigenvalue weighted by atomic mass is 32.2. The van der Waals surface area contributed by atoms with E-state index in [0.717, 1.165) is 50.8 Å². The third kappa shape index (κ3) is 4.46. The Balaban J connectivity index is 1.82. The van der Waals surface area contributed by atoms with Gasteiger partial charge in [0.05, 0.1) is 12.0 Å². The number of methoxy groups -OCH3 is 1. The molecule has 0 bridgehead atoms. The highest BCUT2D eigenvalue weighted by Crippen LogP contribution is 2.36. The van der Waals surface area contributed by atoms with E-state index in [9.17, 15) is 8.42 Å². The first-order chi connectivity index (χ1) is 15.0. The van der Waals surface area contributed by atoms with E-state index in [1.807, 2.05) is 42.2 Å². The average molecular weight is 441 g/mol. The highest BCUT2D eigenvalue weighted by Gasteiger charge is 2.31. The van der Waals surface area contributed by atoms with Crippen LogP contribution in [0, 0.1) is 0 Å². The van der Waals surface area contributed by atoms with E-state index in [1.165, 1.54) is 0 Å². The lowest BCUT2D eigenvalue weighted by molar-refractivity contribution is 0.414. The Bertz CT molecular complexity index is 1130. The molecule has 4 rings (SSSR count). The number of hydrogen-bond donors (Lipinski definition) is 0. The predicted molar refractivity (Wildman–Crippen MR) is 120 cm³/mol. The molecule has 1 saturated heterocycles. The standard InChI is InChI=1S/C24H28N2O4S/c1-3-18-11-13-21(14-12-18)31(27,28)23-24(26-15-6-4-5-7-16-26)30-22(25-23)19-9-8-10-20(17-19)29-2/h8-14,17H,3-7,15-16H2,1-2H3. The smallest absolute Gasteiger partial charge is 0.236 e. The molecule has 0 N–H and O–H groups in total. The Hall–Kier alpha value is -2.80. The molecule has 2 aromatic carbocycles. The number of benzene rings is 2. The van der Waals surface area contributed by atoms with Crippen LogP contribution in [0.25, 0.3) is 11.5 Å². The summed E-state index contributed by atoms with van der Waals surface area (Å²) in [7, 11) is -2.25. The molecule has 1 aliphatic heterocycles. The molecule has 0 atom stereocenters. The molecule has 0 amide bonds.